The lowest BCUT2D eigenvalue weighted by atomic mass is 9.79. The number of anilines is 2. The first-order valence-electron chi connectivity index (χ1n) is 29.4. The Morgan fingerprint density at radius 2 is 1.67 bits per heavy atom. The largest absolute Gasteiger partial charge is 0.508 e. The van der Waals surface area contributed by atoms with E-state index in [-0.39, 0.29) is 48.4 Å². The number of fused-ring (bicyclic) bond motifs is 6. The Balaban J connectivity index is 0.603. The van der Waals surface area contributed by atoms with Gasteiger partial charge < -0.3 is 44.8 Å². The van der Waals surface area contributed by atoms with Crippen molar-refractivity contribution in [1.82, 2.24) is 55.2 Å². The minimum Gasteiger partial charge on any atom is -0.508 e. The van der Waals surface area contributed by atoms with E-state index in [1.165, 1.54) is 10.5 Å². The number of aromatic nitrogens is 6. The van der Waals surface area contributed by atoms with Crippen LogP contribution in [0.1, 0.15) is 100 Å². The van der Waals surface area contributed by atoms with Crippen LogP contribution in [0.5, 0.6) is 11.8 Å². The van der Waals surface area contributed by atoms with Gasteiger partial charge in [0.1, 0.15) is 30.1 Å². The van der Waals surface area contributed by atoms with Crippen LogP contribution in [0.2, 0.25) is 0 Å². The lowest BCUT2D eigenvalue weighted by Gasteiger charge is -2.38. The van der Waals surface area contributed by atoms with Gasteiger partial charge in [0.05, 0.1) is 34.4 Å². The number of aliphatic hydroxyl groups excluding tert-OH is 1. The van der Waals surface area contributed by atoms with Gasteiger partial charge in [0, 0.05) is 120 Å². The Morgan fingerprint density at radius 1 is 0.889 bits per heavy atom. The molecule has 13 rings (SSSR count). The van der Waals surface area contributed by atoms with Crippen LogP contribution < -0.4 is 25.2 Å². The Labute approximate surface area is 472 Å². The molecule has 5 saturated heterocycles. The minimum atomic E-state index is -0.812. The van der Waals surface area contributed by atoms with E-state index in [4.69, 9.17) is 24.2 Å². The molecule has 9 heterocycles. The summed E-state index contributed by atoms with van der Waals surface area (Å²) < 4.78 is 14.4. The SMILES string of the molecule is CC1c2c(ncc3c(N4CC5CCC(C4)N5)nc(OCCN4CCC(CN5CCN(c6cc([C@H](C(=O)N7C[C@H](O)C[C@H]7C(=O)N[C@@H](C)c7ccc(-c8ccnn8C)cc7)C(C)C)on6)CC5)CC4)nc23)-c2cc(O)cc3cccc1c23. The quantitative estimate of drug-likeness (QED) is 0.0830. The molecule has 19 heteroatoms. The van der Waals surface area contributed by atoms with E-state index in [0.29, 0.717) is 42.2 Å². The van der Waals surface area contributed by atoms with Crippen molar-refractivity contribution in [2.45, 2.75) is 102 Å². The van der Waals surface area contributed by atoms with Crippen LogP contribution in [0, 0.1) is 11.8 Å². The van der Waals surface area contributed by atoms with Crippen LogP contribution in [-0.2, 0) is 16.6 Å². The standard InChI is InChI=1S/C62H75N13O6/c1-36(2)54(61(79)75-35-46(77)29-51(75)60(78)65-38(4)40-9-11-41(12-10-40)50-15-18-64-70(50)5)52-30-53(69-81-52)73-23-21-72(22-24-73)32-39-16-19-71(20-17-39)25-26-80-62-67-58-49(59(68-62)74-33-43-13-14-44(34-74)66-43)31-63-57-48-28-45(76)27-42-7-6-8-47(56(42)48)37(3)55(57)58/h6-12,15,18,27-28,30-31,36-39,43-44,46,51,54,66,76-77H,13-14,16-17,19-26,29,32-35H2,1-5H3,(H,65,78)/t37?,38-,43?,44?,46+,51-,54+/m0/s1. The number of nitrogens with one attached hydrogen (secondary N) is 2. The number of piperidine rings is 1. The van der Waals surface area contributed by atoms with Gasteiger partial charge in [-0.3, -0.25) is 29.1 Å². The van der Waals surface area contributed by atoms with Crippen molar-refractivity contribution in [1.29, 1.82) is 0 Å². The third kappa shape index (κ3) is 10.4. The number of hydrogen-bond donors (Lipinski definition) is 4. The lowest BCUT2D eigenvalue weighted by Crippen LogP contribution is -2.51. The number of likely N-dealkylation sites (tertiary alicyclic amines) is 2. The van der Waals surface area contributed by atoms with Crippen LogP contribution in [0.3, 0.4) is 0 Å². The number of aromatic hydroxyl groups is 1. The zero-order valence-corrected chi connectivity index (χ0v) is 47.2. The number of ether oxygens (including phenoxy) is 1. The molecule has 0 radical (unpaired) electrons. The number of β-amino-alcohol motifs (C(OH)–C–C–N with tert-alkyl or cyclic N) is 1. The fraction of sp³-hybridized carbons (Fsp3) is 0.500. The number of aliphatic hydroxyl groups is 1. The summed E-state index contributed by atoms with van der Waals surface area (Å²) in [6.45, 7) is 17.7. The van der Waals surface area contributed by atoms with Crippen LogP contribution >= 0.6 is 0 Å². The number of amides is 2. The Bertz CT molecular complexity index is 3450. The minimum absolute atomic E-state index is 0.0285. The number of hydrogen-bond acceptors (Lipinski definition) is 16. The molecule has 3 unspecified atom stereocenters. The predicted octanol–water partition coefficient (Wildman–Crippen LogP) is 6.84. The zero-order valence-electron chi connectivity index (χ0n) is 47.2. The fourth-order valence-electron chi connectivity index (χ4n) is 14.1. The number of phenols is 1. The van der Waals surface area contributed by atoms with Crippen molar-refractivity contribution in [2.75, 3.05) is 88.4 Å². The van der Waals surface area contributed by atoms with Crippen molar-refractivity contribution in [3.63, 3.8) is 0 Å². The summed E-state index contributed by atoms with van der Waals surface area (Å²) in [5, 5.41) is 40.4. The summed E-state index contributed by atoms with van der Waals surface area (Å²) in [7, 11) is 1.90. The van der Waals surface area contributed by atoms with Gasteiger partial charge >= 0.3 is 6.01 Å². The molecule has 424 valence electrons. The number of pyridine rings is 1. The molecule has 0 saturated carbocycles. The summed E-state index contributed by atoms with van der Waals surface area (Å²) in [5.41, 5.74) is 7.87. The molecule has 0 spiro atoms. The zero-order chi connectivity index (χ0) is 55.6. The van der Waals surface area contributed by atoms with E-state index in [1.807, 2.05) is 87.2 Å². The van der Waals surface area contributed by atoms with Gasteiger partial charge in [0.25, 0.3) is 0 Å². The second kappa shape index (κ2) is 21.9. The number of aryl methyl sites for hydroxylation is 1. The number of rotatable bonds is 15. The molecule has 7 aromatic rings. The normalized spacial score (nSPS) is 23.1. The Morgan fingerprint density at radius 3 is 2.41 bits per heavy atom. The second-order valence-electron chi connectivity index (χ2n) is 24.1. The number of benzene rings is 3. The lowest BCUT2D eigenvalue weighted by molar-refractivity contribution is -0.141. The highest BCUT2D eigenvalue weighted by Crippen LogP contribution is 2.49. The van der Waals surface area contributed by atoms with Gasteiger partial charge in [-0.1, -0.05) is 68.4 Å². The smallest absolute Gasteiger partial charge is 0.319 e. The molecular weight excluding hydrogens is 1020 g/mol. The molecule has 7 atom stereocenters. The summed E-state index contributed by atoms with van der Waals surface area (Å²) >= 11 is 0. The van der Waals surface area contributed by atoms with Crippen molar-refractivity contribution in [3.05, 3.63) is 102 Å². The summed E-state index contributed by atoms with van der Waals surface area (Å²) in [5.74, 6) is 1.59. The van der Waals surface area contributed by atoms with Gasteiger partial charge in [-0.05, 0) is 103 Å². The third-order valence-electron chi connectivity index (χ3n) is 18.5. The number of carbonyl (C=O) groups is 2. The van der Waals surface area contributed by atoms with Crippen molar-refractivity contribution in [3.8, 4) is 34.3 Å². The van der Waals surface area contributed by atoms with E-state index < -0.39 is 18.1 Å². The van der Waals surface area contributed by atoms with E-state index >= 15 is 0 Å². The topological polar surface area (TPSA) is 207 Å². The van der Waals surface area contributed by atoms with Gasteiger partial charge in [0.15, 0.2) is 11.6 Å². The van der Waals surface area contributed by atoms with Gasteiger partial charge in [0.2, 0.25) is 11.8 Å². The van der Waals surface area contributed by atoms with Gasteiger partial charge in [-0.25, -0.2) is 0 Å². The van der Waals surface area contributed by atoms with Gasteiger partial charge in [-0.15, -0.1) is 0 Å². The maximum absolute atomic E-state index is 14.5. The summed E-state index contributed by atoms with van der Waals surface area (Å²) in [6, 6.07) is 22.0. The molecule has 5 aliphatic heterocycles. The van der Waals surface area contributed by atoms with Crippen molar-refractivity contribution in [2.24, 2.45) is 18.9 Å². The monoisotopic (exact) mass is 1100 g/mol. The first-order chi connectivity index (χ1) is 39.3. The molecule has 3 aromatic carbocycles. The molecular formula is C62H75N13O6. The van der Waals surface area contributed by atoms with E-state index in [9.17, 15) is 19.8 Å². The highest BCUT2D eigenvalue weighted by atomic mass is 16.5. The maximum atomic E-state index is 14.5. The van der Waals surface area contributed by atoms with E-state index in [0.717, 1.165) is 152 Å². The number of phenolic OH excluding ortho intramolecular Hbond substituents is 1. The van der Waals surface area contributed by atoms with E-state index in [2.05, 4.69) is 65.6 Å². The average Bonchev–Trinajstić information content (AvgIpc) is 4.43. The number of piperazine rings is 2. The maximum Gasteiger partial charge on any atom is 0.319 e. The van der Waals surface area contributed by atoms with Crippen LogP contribution in [0.15, 0.2) is 83.6 Å². The average molecular weight is 1100 g/mol. The molecule has 2 amide bonds. The van der Waals surface area contributed by atoms with Crippen LogP contribution in [-0.4, -0.2) is 169 Å². The van der Waals surface area contributed by atoms with Crippen LogP contribution in [0.25, 0.3) is 44.2 Å². The molecule has 6 aliphatic rings. The molecule has 4 aromatic heterocycles. The van der Waals surface area contributed by atoms with Crippen molar-refractivity contribution >= 4 is 45.1 Å². The summed E-state index contributed by atoms with van der Waals surface area (Å²) in [6.07, 6.45) is 7.63. The Hall–Kier alpha value is -7.19. The molecule has 81 heavy (non-hydrogen) atoms. The highest BCUT2D eigenvalue weighted by molar-refractivity contribution is 6.06. The number of nitrogens with zero attached hydrogens (tertiary/aromatic N) is 11. The van der Waals surface area contributed by atoms with Crippen molar-refractivity contribution < 1.29 is 29.1 Å². The molecule has 5 fully saturated rings. The fourth-order valence-corrected chi connectivity index (χ4v) is 14.1. The number of carbonyl (C=O) groups excluding carboxylic acids is 2. The highest BCUT2D eigenvalue weighted by Gasteiger charge is 2.44. The first kappa shape index (κ1) is 53.1. The molecule has 19 nitrogen and oxygen atoms in total. The molecule has 1 aliphatic carbocycles. The molecule has 4 N–H and O–H groups in total. The molecule has 2 bridgehead atoms. The van der Waals surface area contributed by atoms with E-state index in [1.54, 1.807) is 6.20 Å². The van der Waals surface area contributed by atoms with Crippen LogP contribution in [0.4, 0.5) is 11.6 Å². The Kier molecular flexibility index (Phi) is 14.4. The summed E-state index contributed by atoms with van der Waals surface area (Å²) in [4.78, 5) is 55.1. The van der Waals surface area contributed by atoms with Gasteiger partial charge in [-0.2, -0.15) is 15.1 Å². The first-order valence-corrected chi connectivity index (χ1v) is 29.4. The third-order valence-corrected chi connectivity index (χ3v) is 18.5. The second-order valence-corrected chi connectivity index (χ2v) is 24.1. The predicted molar refractivity (Wildman–Crippen MR) is 310 cm³/mol.